The van der Waals surface area contributed by atoms with Gasteiger partial charge in [-0.3, -0.25) is 4.99 Å². The fourth-order valence-corrected chi connectivity index (χ4v) is 3.93. The van der Waals surface area contributed by atoms with Crippen LogP contribution in [-0.2, 0) is 0 Å². The molecule has 1 aliphatic carbocycles. The first-order valence-corrected chi connectivity index (χ1v) is 6.81. The average molecular weight is 226 g/mol. The van der Waals surface area contributed by atoms with E-state index in [1.54, 1.807) is 5.56 Å². The van der Waals surface area contributed by atoms with Gasteiger partial charge in [0.15, 0.2) is 0 Å². The molecule has 2 nitrogen and oxygen atoms in total. The minimum Gasteiger partial charge on any atom is -0.369 e. The largest absolute Gasteiger partial charge is 0.369 e. The van der Waals surface area contributed by atoms with Crippen LogP contribution in [0.3, 0.4) is 0 Å². The van der Waals surface area contributed by atoms with E-state index in [-0.39, 0.29) is 0 Å². The number of nitrogens with zero attached hydrogens (tertiary/aromatic N) is 2. The first kappa shape index (κ1) is 9.69. The molecule has 88 valence electrons. The van der Waals surface area contributed by atoms with Gasteiger partial charge in [-0.05, 0) is 30.2 Å². The summed E-state index contributed by atoms with van der Waals surface area (Å²) >= 11 is 0. The zero-order valence-corrected chi connectivity index (χ0v) is 10.1. The van der Waals surface area contributed by atoms with Crippen molar-refractivity contribution in [2.75, 3.05) is 24.5 Å². The van der Waals surface area contributed by atoms with Crippen molar-refractivity contribution in [3.8, 4) is 0 Å². The van der Waals surface area contributed by atoms with Gasteiger partial charge in [0.25, 0.3) is 0 Å². The third-order valence-corrected chi connectivity index (χ3v) is 4.66. The highest BCUT2D eigenvalue weighted by Gasteiger charge is 2.37. The van der Waals surface area contributed by atoms with Gasteiger partial charge in [0.05, 0.1) is 6.54 Å². The van der Waals surface area contributed by atoms with Gasteiger partial charge < -0.3 is 4.90 Å². The van der Waals surface area contributed by atoms with Crippen LogP contribution in [0, 0.1) is 5.92 Å². The lowest BCUT2D eigenvalue weighted by Crippen LogP contribution is -2.37. The summed E-state index contributed by atoms with van der Waals surface area (Å²) in [6.45, 7) is 3.31. The number of rotatable bonds is 0. The number of fused-ring (bicyclic) bond motifs is 2. The summed E-state index contributed by atoms with van der Waals surface area (Å²) < 4.78 is 0. The fraction of sp³-hybridized carbons (Fsp3) is 0.533. The summed E-state index contributed by atoms with van der Waals surface area (Å²) in [6.07, 6.45) is 6.31. The predicted molar refractivity (Wildman–Crippen MR) is 71.2 cm³/mol. The highest BCUT2D eigenvalue weighted by Crippen LogP contribution is 2.48. The molecular weight excluding hydrogens is 208 g/mol. The lowest BCUT2D eigenvalue weighted by molar-refractivity contribution is 0.455. The van der Waals surface area contributed by atoms with E-state index in [2.05, 4.69) is 34.3 Å². The van der Waals surface area contributed by atoms with Gasteiger partial charge in [-0.25, -0.2) is 0 Å². The Hall–Kier alpha value is -1.31. The maximum absolute atomic E-state index is 4.51. The Bertz CT molecular complexity index is 478. The molecule has 1 saturated carbocycles. The van der Waals surface area contributed by atoms with Gasteiger partial charge in [0, 0.05) is 30.6 Å². The van der Waals surface area contributed by atoms with E-state index in [4.69, 9.17) is 0 Å². The summed E-state index contributed by atoms with van der Waals surface area (Å²) in [5.74, 6) is 1.73. The van der Waals surface area contributed by atoms with Crippen LogP contribution >= 0.6 is 0 Å². The molecule has 1 fully saturated rings. The van der Waals surface area contributed by atoms with E-state index in [9.17, 15) is 0 Å². The van der Waals surface area contributed by atoms with Crippen LogP contribution in [0.5, 0.6) is 0 Å². The van der Waals surface area contributed by atoms with Gasteiger partial charge in [-0.2, -0.15) is 0 Å². The Kier molecular flexibility index (Phi) is 2.05. The minimum absolute atomic E-state index is 0.827. The SMILES string of the molecule is C1=NCCN2C[C@@H]3CCC[C@@H]3c3cccc1c32. The smallest absolute Gasteiger partial charge is 0.0565 e. The maximum atomic E-state index is 4.51. The summed E-state index contributed by atoms with van der Waals surface area (Å²) in [5, 5.41) is 0. The number of aliphatic imine (C=N–C) groups is 1. The molecule has 2 atom stereocenters. The highest BCUT2D eigenvalue weighted by molar-refractivity contribution is 5.90. The van der Waals surface area contributed by atoms with E-state index in [1.807, 2.05) is 0 Å². The number of benzene rings is 1. The highest BCUT2D eigenvalue weighted by atomic mass is 15.2. The molecule has 0 spiro atoms. The predicted octanol–water partition coefficient (Wildman–Crippen LogP) is 2.82. The van der Waals surface area contributed by atoms with Crippen molar-refractivity contribution in [3.63, 3.8) is 0 Å². The van der Waals surface area contributed by atoms with Crippen molar-refractivity contribution >= 4 is 11.9 Å². The average Bonchev–Trinajstić information content (AvgIpc) is 2.73. The maximum Gasteiger partial charge on any atom is 0.0565 e. The molecule has 2 heteroatoms. The molecule has 0 radical (unpaired) electrons. The lowest BCUT2D eigenvalue weighted by Gasteiger charge is -2.38. The second-order valence-corrected chi connectivity index (χ2v) is 5.56. The van der Waals surface area contributed by atoms with E-state index in [1.165, 1.54) is 37.1 Å². The molecule has 3 aliphatic rings. The van der Waals surface area contributed by atoms with E-state index in [0.717, 1.165) is 24.9 Å². The molecule has 4 rings (SSSR count). The Labute approximate surface area is 102 Å². The normalized spacial score (nSPS) is 29.8. The molecule has 17 heavy (non-hydrogen) atoms. The van der Waals surface area contributed by atoms with Gasteiger partial charge >= 0.3 is 0 Å². The van der Waals surface area contributed by atoms with Crippen LogP contribution in [-0.4, -0.2) is 25.8 Å². The van der Waals surface area contributed by atoms with Crippen molar-refractivity contribution < 1.29 is 0 Å². The summed E-state index contributed by atoms with van der Waals surface area (Å²) in [5.41, 5.74) is 4.44. The zero-order valence-electron chi connectivity index (χ0n) is 10.1. The number of para-hydroxylation sites is 1. The Balaban J connectivity index is 1.91. The molecule has 0 aromatic heterocycles. The molecule has 2 aliphatic heterocycles. The zero-order chi connectivity index (χ0) is 11.2. The molecule has 0 unspecified atom stereocenters. The topological polar surface area (TPSA) is 15.6 Å². The van der Waals surface area contributed by atoms with Gasteiger partial charge in [0.1, 0.15) is 0 Å². The summed E-state index contributed by atoms with van der Waals surface area (Å²) in [6, 6.07) is 6.79. The van der Waals surface area contributed by atoms with Crippen LogP contribution in [0.2, 0.25) is 0 Å². The van der Waals surface area contributed by atoms with Gasteiger partial charge in [-0.15, -0.1) is 0 Å². The van der Waals surface area contributed by atoms with Crippen molar-refractivity contribution in [2.45, 2.75) is 25.2 Å². The monoisotopic (exact) mass is 226 g/mol. The van der Waals surface area contributed by atoms with Crippen molar-refractivity contribution in [3.05, 3.63) is 29.3 Å². The minimum atomic E-state index is 0.827. The molecule has 0 N–H and O–H groups in total. The van der Waals surface area contributed by atoms with Gasteiger partial charge in [0.2, 0.25) is 0 Å². The Morgan fingerprint density at radius 2 is 2.24 bits per heavy atom. The van der Waals surface area contributed by atoms with Crippen LogP contribution in [0.25, 0.3) is 0 Å². The molecule has 2 heterocycles. The Morgan fingerprint density at radius 1 is 1.24 bits per heavy atom. The summed E-state index contributed by atoms with van der Waals surface area (Å²) in [4.78, 5) is 7.09. The van der Waals surface area contributed by atoms with Crippen molar-refractivity contribution in [2.24, 2.45) is 10.9 Å². The second-order valence-electron chi connectivity index (χ2n) is 5.56. The molecule has 1 aromatic carbocycles. The third kappa shape index (κ3) is 1.36. The number of anilines is 1. The molecular formula is C15H18N2. The van der Waals surface area contributed by atoms with Crippen LogP contribution in [0.15, 0.2) is 23.2 Å². The second kappa shape index (κ2) is 3.59. The van der Waals surface area contributed by atoms with Gasteiger partial charge in [-0.1, -0.05) is 24.6 Å². The number of hydrogen-bond donors (Lipinski definition) is 0. The van der Waals surface area contributed by atoms with Crippen LogP contribution < -0.4 is 4.90 Å². The lowest BCUT2D eigenvalue weighted by atomic mass is 9.82. The molecule has 0 saturated heterocycles. The van der Waals surface area contributed by atoms with Crippen molar-refractivity contribution in [1.82, 2.24) is 0 Å². The van der Waals surface area contributed by atoms with Crippen molar-refractivity contribution in [1.29, 1.82) is 0 Å². The van der Waals surface area contributed by atoms with Crippen LogP contribution in [0.4, 0.5) is 5.69 Å². The van der Waals surface area contributed by atoms with E-state index in [0.29, 0.717) is 0 Å². The quantitative estimate of drug-likeness (QED) is 0.664. The first-order valence-electron chi connectivity index (χ1n) is 6.81. The molecule has 0 bridgehead atoms. The van der Waals surface area contributed by atoms with E-state index < -0.39 is 0 Å². The molecule has 0 amide bonds. The third-order valence-electron chi connectivity index (χ3n) is 4.66. The summed E-state index contributed by atoms with van der Waals surface area (Å²) in [7, 11) is 0. The Morgan fingerprint density at radius 3 is 3.24 bits per heavy atom. The standard InChI is InChI=1S/C15H18N2/c1-3-11-9-16-7-8-17-10-12-4-2-5-13(12)14(6-1)15(11)17/h1,3,6,9,12-13H,2,4-5,7-8,10H2/t12-,13-/m0/s1. The fourth-order valence-electron chi connectivity index (χ4n) is 3.93. The number of hydrogen-bond acceptors (Lipinski definition) is 2. The molecule has 1 aromatic rings. The van der Waals surface area contributed by atoms with E-state index >= 15 is 0 Å². The first-order chi connectivity index (χ1) is 8.43. The van der Waals surface area contributed by atoms with Crippen LogP contribution in [0.1, 0.15) is 36.3 Å².